The van der Waals surface area contributed by atoms with Crippen LogP contribution in [-0.2, 0) is 18.9 Å². The molecule has 0 aliphatic carbocycles. The minimum atomic E-state index is -0.793. The predicted octanol–water partition coefficient (Wildman–Crippen LogP) is 2.23. The number of carbonyl (C=O) groups excluding carboxylic acids is 1. The van der Waals surface area contributed by atoms with E-state index in [0.29, 0.717) is 25.4 Å². The van der Waals surface area contributed by atoms with Crippen molar-refractivity contribution in [2.45, 2.75) is 12.7 Å². The third-order valence-electron chi connectivity index (χ3n) is 2.30. The summed E-state index contributed by atoms with van der Waals surface area (Å²) in [6.45, 7) is 0.859. The van der Waals surface area contributed by atoms with Crippen LogP contribution in [0.1, 0.15) is 6.42 Å². The van der Waals surface area contributed by atoms with E-state index in [2.05, 4.69) is 0 Å². The number of hydrogen-bond acceptors (Lipinski definition) is 6. The Morgan fingerprint density at radius 2 is 1.75 bits per heavy atom. The highest BCUT2D eigenvalue weighted by Crippen LogP contribution is 2.14. The van der Waals surface area contributed by atoms with Crippen LogP contribution in [0.15, 0.2) is 30.3 Å². The normalized spacial score (nSPS) is 11.7. The lowest BCUT2D eigenvalue weighted by Crippen LogP contribution is -2.26. The van der Waals surface area contributed by atoms with Crippen LogP contribution in [0.4, 0.5) is 4.79 Å². The Morgan fingerprint density at radius 3 is 2.40 bits per heavy atom. The molecule has 6 heteroatoms. The molecule has 1 unspecified atom stereocenters. The Kier molecular flexibility index (Phi) is 8.17. The van der Waals surface area contributed by atoms with Crippen LogP contribution in [0.25, 0.3) is 0 Å². The standard InChI is InChI=1S/C14H20O6/c1-16-9-8-13(19-12-6-4-3-5-7-12)20-14(15)18-11-10-17-2/h3-7,13H,8-11H2,1-2H3. The molecule has 20 heavy (non-hydrogen) atoms. The molecule has 0 N–H and O–H groups in total. The molecular weight excluding hydrogens is 264 g/mol. The van der Waals surface area contributed by atoms with Crippen LogP contribution < -0.4 is 4.74 Å². The Morgan fingerprint density at radius 1 is 1.05 bits per heavy atom. The molecule has 112 valence electrons. The van der Waals surface area contributed by atoms with Gasteiger partial charge in [0, 0.05) is 20.6 Å². The number of hydrogen-bond donors (Lipinski definition) is 0. The summed E-state index contributed by atoms with van der Waals surface area (Å²) in [5.41, 5.74) is 0. The summed E-state index contributed by atoms with van der Waals surface area (Å²) in [5, 5.41) is 0. The van der Waals surface area contributed by atoms with Crippen molar-refractivity contribution in [2.75, 3.05) is 34.0 Å². The van der Waals surface area contributed by atoms with Gasteiger partial charge >= 0.3 is 6.16 Å². The van der Waals surface area contributed by atoms with Crippen molar-refractivity contribution in [3.63, 3.8) is 0 Å². The summed E-state index contributed by atoms with van der Waals surface area (Å²) < 4.78 is 25.2. The molecular formula is C14H20O6. The van der Waals surface area contributed by atoms with Gasteiger partial charge in [0.1, 0.15) is 12.4 Å². The molecule has 0 radical (unpaired) electrons. The third kappa shape index (κ3) is 6.96. The van der Waals surface area contributed by atoms with Gasteiger partial charge in [0.25, 0.3) is 0 Å². The largest absolute Gasteiger partial charge is 0.511 e. The molecule has 1 aromatic rings. The zero-order chi connectivity index (χ0) is 14.6. The fourth-order valence-electron chi connectivity index (χ4n) is 1.36. The van der Waals surface area contributed by atoms with Gasteiger partial charge in [-0.3, -0.25) is 0 Å². The fourth-order valence-corrected chi connectivity index (χ4v) is 1.36. The Hall–Kier alpha value is -1.79. The predicted molar refractivity (Wildman–Crippen MR) is 71.7 cm³/mol. The highest BCUT2D eigenvalue weighted by atomic mass is 16.8. The number of ether oxygens (including phenoxy) is 5. The lowest BCUT2D eigenvalue weighted by molar-refractivity contribution is -0.0783. The molecule has 0 amide bonds. The molecule has 0 saturated carbocycles. The molecule has 0 aromatic heterocycles. The molecule has 6 nitrogen and oxygen atoms in total. The van der Waals surface area contributed by atoms with Crippen molar-refractivity contribution in [1.82, 2.24) is 0 Å². The van der Waals surface area contributed by atoms with Gasteiger partial charge in [-0.15, -0.1) is 0 Å². The van der Waals surface area contributed by atoms with Crippen molar-refractivity contribution in [3.8, 4) is 5.75 Å². The average molecular weight is 284 g/mol. The second-order valence-corrected chi connectivity index (χ2v) is 3.85. The number of para-hydroxylation sites is 1. The monoisotopic (exact) mass is 284 g/mol. The minimum absolute atomic E-state index is 0.137. The van der Waals surface area contributed by atoms with Crippen LogP contribution in [0.3, 0.4) is 0 Å². The molecule has 0 bridgehead atoms. The molecule has 0 spiro atoms. The van der Waals surface area contributed by atoms with Gasteiger partial charge < -0.3 is 23.7 Å². The van der Waals surface area contributed by atoms with E-state index in [9.17, 15) is 4.79 Å². The number of benzene rings is 1. The summed E-state index contributed by atoms with van der Waals surface area (Å²) in [6, 6.07) is 9.09. The van der Waals surface area contributed by atoms with Crippen LogP contribution in [0.2, 0.25) is 0 Å². The maximum Gasteiger partial charge on any atom is 0.511 e. The van der Waals surface area contributed by atoms with E-state index in [1.807, 2.05) is 18.2 Å². The first-order valence-corrected chi connectivity index (χ1v) is 6.29. The van der Waals surface area contributed by atoms with Crippen molar-refractivity contribution in [3.05, 3.63) is 30.3 Å². The molecule has 1 rings (SSSR count). The first-order chi connectivity index (χ1) is 9.76. The fraction of sp³-hybridized carbons (Fsp3) is 0.500. The van der Waals surface area contributed by atoms with Crippen LogP contribution in [0, 0.1) is 0 Å². The maximum atomic E-state index is 11.5. The van der Waals surface area contributed by atoms with E-state index in [4.69, 9.17) is 23.7 Å². The van der Waals surface area contributed by atoms with E-state index >= 15 is 0 Å². The highest BCUT2D eigenvalue weighted by molar-refractivity contribution is 5.60. The number of methoxy groups -OCH3 is 2. The van der Waals surface area contributed by atoms with Crippen LogP contribution in [0.5, 0.6) is 5.75 Å². The SMILES string of the molecule is COCCOC(=O)OC(CCOC)Oc1ccccc1. The molecule has 0 heterocycles. The highest BCUT2D eigenvalue weighted by Gasteiger charge is 2.17. The van der Waals surface area contributed by atoms with Gasteiger partial charge in [0.2, 0.25) is 6.29 Å². The zero-order valence-corrected chi connectivity index (χ0v) is 11.7. The molecule has 0 aliphatic heterocycles. The zero-order valence-electron chi connectivity index (χ0n) is 11.7. The lowest BCUT2D eigenvalue weighted by Gasteiger charge is -2.18. The molecule has 0 saturated heterocycles. The van der Waals surface area contributed by atoms with Gasteiger partial charge in [-0.05, 0) is 12.1 Å². The van der Waals surface area contributed by atoms with E-state index in [1.165, 1.54) is 7.11 Å². The molecule has 1 aromatic carbocycles. The Balaban J connectivity index is 2.44. The Labute approximate surface area is 118 Å². The van der Waals surface area contributed by atoms with Crippen LogP contribution >= 0.6 is 0 Å². The summed E-state index contributed by atoms with van der Waals surface area (Å²) in [7, 11) is 3.09. The van der Waals surface area contributed by atoms with Crippen molar-refractivity contribution >= 4 is 6.16 Å². The molecule has 1 atom stereocenters. The average Bonchev–Trinajstić information content (AvgIpc) is 2.46. The van der Waals surface area contributed by atoms with Crippen molar-refractivity contribution in [1.29, 1.82) is 0 Å². The second-order valence-electron chi connectivity index (χ2n) is 3.85. The summed E-state index contributed by atoms with van der Waals surface area (Å²) in [6.07, 6.45) is -1.14. The first kappa shape index (κ1) is 16.3. The Bertz CT molecular complexity index is 367. The summed E-state index contributed by atoms with van der Waals surface area (Å²) in [5.74, 6) is 0.610. The van der Waals surface area contributed by atoms with E-state index in [0.717, 1.165) is 0 Å². The summed E-state index contributed by atoms with van der Waals surface area (Å²) in [4.78, 5) is 11.5. The molecule has 0 aliphatic rings. The first-order valence-electron chi connectivity index (χ1n) is 6.29. The van der Waals surface area contributed by atoms with Gasteiger partial charge in [0.15, 0.2) is 0 Å². The smallest absolute Gasteiger partial charge is 0.455 e. The molecule has 0 fully saturated rings. The lowest BCUT2D eigenvalue weighted by atomic mass is 10.3. The van der Waals surface area contributed by atoms with E-state index < -0.39 is 12.4 Å². The number of rotatable bonds is 9. The van der Waals surface area contributed by atoms with Crippen LogP contribution in [-0.4, -0.2) is 46.5 Å². The van der Waals surface area contributed by atoms with E-state index in [1.54, 1.807) is 19.2 Å². The van der Waals surface area contributed by atoms with Gasteiger partial charge in [-0.25, -0.2) is 4.79 Å². The summed E-state index contributed by atoms with van der Waals surface area (Å²) >= 11 is 0. The maximum absolute atomic E-state index is 11.5. The topological polar surface area (TPSA) is 63.2 Å². The van der Waals surface area contributed by atoms with Gasteiger partial charge in [0.05, 0.1) is 13.2 Å². The van der Waals surface area contributed by atoms with Gasteiger partial charge in [-0.2, -0.15) is 0 Å². The minimum Gasteiger partial charge on any atom is -0.455 e. The van der Waals surface area contributed by atoms with E-state index in [-0.39, 0.29) is 6.61 Å². The second kappa shape index (κ2) is 10.1. The van der Waals surface area contributed by atoms with Crippen molar-refractivity contribution in [2.24, 2.45) is 0 Å². The quantitative estimate of drug-likeness (QED) is 0.393. The van der Waals surface area contributed by atoms with Crippen molar-refractivity contribution < 1.29 is 28.5 Å². The third-order valence-corrected chi connectivity index (χ3v) is 2.30. The van der Waals surface area contributed by atoms with Gasteiger partial charge in [-0.1, -0.05) is 18.2 Å². The number of carbonyl (C=O) groups is 1.